The molecule has 3 rings (SSSR count). The first-order valence-electron chi connectivity index (χ1n) is 8.06. The highest BCUT2D eigenvalue weighted by Crippen LogP contribution is 2.23. The number of benzene rings is 1. The Morgan fingerprint density at radius 3 is 2.59 bits per heavy atom. The minimum absolute atomic E-state index is 0.235. The molecular formula is C17H23ClN2OS. The van der Waals surface area contributed by atoms with E-state index in [9.17, 15) is 4.79 Å². The smallest absolute Gasteiger partial charge is 0.225 e. The summed E-state index contributed by atoms with van der Waals surface area (Å²) >= 11 is 8.00. The van der Waals surface area contributed by atoms with Gasteiger partial charge in [-0.3, -0.25) is 9.69 Å². The van der Waals surface area contributed by atoms with Gasteiger partial charge in [0.15, 0.2) is 0 Å². The molecule has 2 saturated heterocycles. The van der Waals surface area contributed by atoms with Gasteiger partial charge < -0.3 is 4.90 Å². The van der Waals surface area contributed by atoms with Gasteiger partial charge in [0.2, 0.25) is 5.91 Å². The lowest BCUT2D eigenvalue weighted by molar-refractivity contribution is -0.136. The molecule has 0 spiro atoms. The molecule has 22 heavy (non-hydrogen) atoms. The minimum Gasteiger partial charge on any atom is -0.341 e. The Labute approximate surface area is 142 Å². The molecule has 0 aliphatic carbocycles. The zero-order valence-corrected chi connectivity index (χ0v) is 14.4. The standard InChI is InChI=1S/C17H23ClN2OS/c18-16-3-1-2-14(12-16)13-19-6-4-15(5-7-19)17(21)20-8-10-22-11-9-20/h1-3,12,15H,4-11,13H2. The molecule has 1 aromatic carbocycles. The van der Waals surface area contributed by atoms with Crippen molar-refractivity contribution in [2.24, 2.45) is 5.92 Å². The second-order valence-corrected chi connectivity index (χ2v) is 7.78. The maximum Gasteiger partial charge on any atom is 0.225 e. The Balaban J connectivity index is 1.48. The monoisotopic (exact) mass is 338 g/mol. The first-order chi connectivity index (χ1) is 10.7. The van der Waals surface area contributed by atoms with Gasteiger partial charge in [-0.25, -0.2) is 0 Å². The molecule has 0 aromatic heterocycles. The number of carbonyl (C=O) groups is 1. The second-order valence-electron chi connectivity index (χ2n) is 6.12. The van der Waals surface area contributed by atoms with Crippen LogP contribution >= 0.6 is 23.4 Å². The minimum atomic E-state index is 0.235. The molecule has 0 bridgehead atoms. The maximum atomic E-state index is 12.5. The SMILES string of the molecule is O=C(C1CCN(Cc2cccc(Cl)c2)CC1)N1CCSCC1. The fraction of sp³-hybridized carbons (Fsp3) is 0.588. The highest BCUT2D eigenvalue weighted by atomic mass is 35.5. The number of rotatable bonds is 3. The maximum absolute atomic E-state index is 12.5. The number of likely N-dealkylation sites (tertiary alicyclic amines) is 1. The summed E-state index contributed by atoms with van der Waals surface area (Å²) in [5.74, 6) is 2.82. The number of hydrogen-bond acceptors (Lipinski definition) is 3. The van der Waals surface area contributed by atoms with E-state index in [1.54, 1.807) is 0 Å². The second kappa shape index (κ2) is 7.71. The normalized spacial score (nSPS) is 21.0. The van der Waals surface area contributed by atoms with E-state index in [1.807, 2.05) is 30.0 Å². The summed E-state index contributed by atoms with van der Waals surface area (Å²) in [6.45, 7) is 4.82. The van der Waals surface area contributed by atoms with Gasteiger partial charge in [0.05, 0.1) is 0 Å². The quantitative estimate of drug-likeness (QED) is 0.846. The number of piperidine rings is 1. The Kier molecular flexibility index (Phi) is 5.66. The molecule has 0 N–H and O–H groups in total. The summed E-state index contributed by atoms with van der Waals surface area (Å²) in [6, 6.07) is 8.06. The molecule has 0 unspecified atom stereocenters. The number of hydrogen-bond donors (Lipinski definition) is 0. The van der Waals surface area contributed by atoms with Crippen molar-refractivity contribution in [1.82, 2.24) is 9.80 Å². The van der Waals surface area contributed by atoms with Crippen molar-refractivity contribution >= 4 is 29.3 Å². The van der Waals surface area contributed by atoms with Crippen LogP contribution in [-0.2, 0) is 11.3 Å². The summed E-state index contributed by atoms with van der Waals surface area (Å²) in [5, 5.41) is 0.797. The van der Waals surface area contributed by atoms with Crippen LogP contribution in [0, 0.1) is 5.92 Å². The number of halogens is 1. The van der Waals surface area contributed by atoms with E-state index in [2.05, 4.69) is 15.9 Å². The van der Waals surface area contributed by atoms with Crippen LogP contribution in [0.4, 0.5) is 0 Å². The molecule has 1 aromatic rings. The molecule has 2 heterocycles. The largest absolute Gasteiger partial charge is 0.341 e. The molecule has 2 aliphatic rings. The summed E-state index contributed by atoms with van der Waals surface area (Å²) < 4.78 is 0. The van der Waals surface area contributed by atoms with Gasteiger partial charge in [0, 0.05) is 42.1 Å². The Morgan fingerprint density at radius 2 is 1.91 bits per heavy atom. The van der Waals surface area contributed by atoms with Crippen molar-refractivity contribution in [1.29, 1.82) is 0 Å². The van der Waals surface area contributed by atoms with Gasteiger partial charge in [0.1, 0.15) is 0 Å². The van der Waals surface area contributed by atoms with E-state index in [0.717, 1.165) is 62.1 Å². The van der Waals surface area contributed by atoms with Crippen LogP contribution in [0.2, 0.25) is 5.02 Å². The van der Waals surface area contributed by atoms with E-state index in [4.69, 9.17) is 11.6 Å². The van der Waals surface area contributed by atoms with E-state index in [1.165, 1.54) is 5.56 Å². The van der Waals surface area contributed by atoms with E-state index < -0.39 is 0 Å². The number of thioether (sulfide) groups is 1. The Bertz CT molecular complexity index is 511. The molecule has 3 nitrogen and oxygen atoms in total. The van der Waals surface area contributed by atoms with Crippen LogP contribution in [0.5, 0.6) is 0 Å². The molecule has 2 fully saturated rings. The van der Waals surface area contributed by atoms with Crippen LogP contribution in [0.25, 0.3) is 0 Å². The fourth-order valence-corrected chi connectivity index (χ4v) is 4.39. The van der Waals surface area contributed by atoms with Crippen molar-refractivity contribution in [3.63, 3.8) is 0 Å². The van der Waals surface area contributed by atoms with E-state index in [-0.39, 0.29) is 5.92 Å². The van der Waals surface area contributed by atoms with Crippen molar-refractivity contribution in [3.05, 3.63) is 34.9 Å². The first kappa shape index (κ1) is 16.2. The van der Waals surface area contributed by atoms with Gasteiger partial charge in [-0.1, -0.05) is 23.7 Å². The van der Waals surface area contributed by atoms with Gasteiger partial charge in [0.25, 0.3) is 0 Å². The molecule has 0 saturated carbocycles. The summed E-state index contributed by atoms with van der Waals surface area (Å²) in [4.78, 5) is 17.1. The highest BCUT2D eigenvalue weighted by Gasteiger charge is 2.29. The molecule has 0 atom stereocenters. The van der Waals surface area contributed by atoms with Crippen LogP contribution in [0.3, 0.4) is 0 Å². The van der Waals surface area contributed by atoms with Crippen molar-refractivity contribution in [2.75, 3.05) is 37.7 Å². The van der Waals surface area contributed by atoms with Gasteiger partial charge >= 0.3 is 0 Å². The average Bonchev–Trinajstić information content (AvgIpc) is 2.56. The third kappa shape index (κ3) is 4.18. The Morgan fingerprint density at radius 1 is 1.18 bits per heavy atom. The lowest BCUT2D eigenvalue weighted by Crippen LogP contribution is -2.45. The average molecular weight is 339 g/mol. The van der Waals surface area contributed by atoms with Crippen LogP contribution in [0.15, 0.2) is 24.3 Å². The van der Waals surface area contributed by atoms with Gasteiger partial charge in [-0.15, -0.1) is 0 Å². The summed E-state index contributed by atoms with van der Waals surface area (Å²) in [7, 11) is 0. The third-order valence-electron chi connectivity index (χ3n) is 4.55. The molecular weight excluding hydrogens is 316 g/mol. The van der Waals surface area contributed by atoms with Crippen molar-refractivity contribution in [3.8, 4) is 0 Å². The third-order valence-corrected chi connectivity index (χ3v) is 5.73. The molecule has 120 valence electrons. The predicted molar refractivity (Wildman–Crippen MR) is 93.4 cm³/mol. The van der Waals surface area contributed by atoms with E-state index in [0.29, 0.717) is 5.91 Å². The van der Waals surface area contributed by atoms with Crippen LogP contribution < -0.4 is 0 Å². The molecule has 2 aliphatic heterocycles. The van der Waals surface area contributed by atoms with E-state index >= 15 is 0 Å². The zero-order chi connectivity index (χ0) is 15.4. The number of amides is 1. The lowest BCUT2D eigenvalue weighted by atomic mass is 9.95. The number of carbonyl (C=O) groups excluding carboxylic acids is 1. The predicted octanol–water partition coefficient (Wildman–Crippen LogP) is 3.13. The highest BCUT2D eigenvalue weighted by molar-refractivity contribution is 7.99. The molecule has 5 heteroatoms. The van der Waals surface area contributed by atoms with Gasteiger partial charge in [-0.05, 0) is 43.6 Å². The van der Waals surface area contributed by atoms with Crippen molar-refractivity contribution in [2.45, 2.75) is 19.4 Å². The van der Waals surface area contributed by atoms with Crippen LogP contribution in [0.1, 0.15) is 18.4 Å². The first-order valence-corrected chi connectivity index (χ1v) is 9.59. The summed E-state index contributed by atoms with van der Waals surface area (Å²) in [6.07, 6.45) is 1.98. The fourth-order valence-electron chi connectivity index (χ4n) is 3.27. The van der Waals surface area contributed by atoms with Crippen LogP contribution in [-0.4, -0.2) is 53.4 Å². The Hall–Kier alpha value is -0.710. The van der Waals surface area contributed by atoms with Crippen molar-refractivity contribution < 1.29 is 4.79 Å². The zero-order valence-electron chi connectivity index (χ0n) is 12.8. The molecule has 0 radical (unpaired) electrons. The lowest BCUT2D eigenvalue weighted by Gasteiger charge is -2.35. The topological polar surface area (TPSA) is 23.6 Å². The summed E-state index contributed by atoms with van der Waals surface area (Å²) in [5.41, 5.74) is 1.25. The number of nitrogens with zero attached hydrogens (tertiary/aromatic N) is 2. The molecule has 1 amide bonds. The van der Waals surface area contributed by atoms with Gasteiger partial charge in [-0.2, -0.15) is 11.8 Å².